The highest BCUT2D eigenvalue weighted by Crippen LogP contribution is 2.28. The van der Waals surface area contributed by atoms with Crippen molar-refractivity contribution in [2.45, 2.75) is 31.1 Å². The molecule has 2 aromatic carbocycles. The first-order valence-electron chi connectivity index (χ1n) is 7.94. The molecule has 1 heterocycles. The van der Waals surface area contributed by atoms with Gasteiger partial charge in [0, 0.05) is 12.8 Å². The molecule has 0 atom stereocenters. The zero-order valence-electron chi connectivity index (χ0n) is 13.8. The first-order chi connectivity index (χ1) is 11.9. The van der Waals surface area contributed by atoms with Crippen molar-refractivity contribution in [1.29, 1.82) is 0 Å². The Morgan fingerprint density at radius 2 is 1.44 bits per heavy atom. The lowest BCUT2D eigenvalue weighted by molar-refractivity contribution is -0.147. The fraction of sp³-hybridized carbons (Fsp3) is 0.222. The van der Waals surface area contributed by atoms with E-state index in [1.54, 1.807) is 42.5 Å². The van der Waals surface area contributed by atoms with Crippen LogP contribution in [0.1, 0.15) is 24.8 Å². The third-order valence-electron chi connectivity index (χ3n) is 3.96. The number of carbonyl (C=O) groups is 2. The van der Waals surface area contributed by atoms with Crippen LogP contribution >= 0.6 is 0 Å². The predicted octanol–water partition coefficient (Wildman–Crippen LogP) is 2.64. The van der Waals surface area contributed by atoms with E-state index in [2.05, 4.69) is 0 Å². The van der Waals surface area contributed by atoms with Gasteiger partial charge in [-0.2, -0.15) is 17.8 Å². The second-order valence-corrected chi connectivity index (χ2v) is 7.62. The van der Waals surface area contributed by atoms with Crippen LogP contribution in [0.3, 0.4) is 0 Å². The molecule has 1 fully saturated rings. The van der Waals surface area contributed by atoms with Gasteiger partial charge in [-0.25, -0.2) is 0 Å². The number of carbonyl (C=O) groups excluding carboxylic acids is 2. The number of nitrogens with zero attached hydrogens (tertiary/aromatic N) is 2. The van der Waals surface area contributed by atoms with Crippen LogP contribution in [-0.2, 0) is 19.6 Å². The Morgan fingerprint density at radius 3 is 2.00 bits per heavy atom. The van der Waals surface area contributed by atoms with E-state index in [1.165, 1.54) is 12.1 Å². The molecule has 6 nitrogen and oxygen atoms in total. The highest BCUT2D eigenvalue weighted by atomic mass is 32.2. The molecule has 0 unspecified atom stereocenters. The summed E-state index contributed by atoms with van der Waals surface area (Å²) in [5, 5.41) is 0.758. The lowest BCUT2D eigenvalue weighted by Crippen LogP contribution is -2.54. The summed E-state index contributed by atoms with van der Waals surface area (Å²) < 4.78 is 27.2. The molecule has 0 aliphatic carbocycles. The van der Waals surface area contributed by atoms with E-state index in [0.29, 0.717) is 6.42 Å². The summed E-state index contributed by atoms with van der Waals surface area (Å²) in [6.45, 7) is 1.85. The van der Waals surface area contributed by atoms with Gasteiger partial charge in [0.2, 0.25) is 11.8 Å². The topological polar surface area (TPSA) is 74.8 Å². The first kappa shape index (κ1) is 17.2. The largest absolute Gasteiger partial charge is 0.282 e. The van der Waals surface area contributed by atoms with Crippen molar-refractivity contribution in [1.82, 2.24) is 5.01 Å². The summed E-state index contributed by atoms with van der Waals surface area (Å²) in [6.07, 6.45) is 0.707. The monoisotopic (exact) mass is 358 g/mol. The van der Waals surface area contributed by atoms with Gasteiger partial charge in [-0.15, -0.1) is 0 Å². The Labute approximate surface area is 146 Å². The molecule has 0 radical (unpaired) electrons. The van der Waals surface area contributed by atoms with E-state index in [9.17, 15) is 18.0 Å². The Hall–Kier alpha value is -2.67. The van der Waals surface area contributed by atoms with E-state index >= 15 is 0 Å². The number of hydrogen-bond acceptors (Lipinski definition) is 4. The fourth-order valence-electron chi connectivity index (χ4n) is 2.67. The minimum absolute atomic E-state index is 0.0214. The Balaban J connectivity index is 2.16. The molecule has 7 heteroatoms. The average Bonchev–Trinajstić information content (AvgIpc) is 2.59. The Kier molecular flexibility index (Phi) is 4.59. The Bertz CT molecular complexity index is 876. The van der Waals surface area contributed by atoms with Crippen LogP contribution < -0.4 is 4.41 Å². The maximum atomic E-state index is 13.2. The smallest absolute Gasteiger partial charge is 0.272 e. The minimum atomic E-state index is -4.12. The second-order valence-electron chi connectivity index (χ2n) is 5.85. The highest BCUT2D eigenvalue weighted by molar-refractivity contribution is 7.92. The number of amides is 2. The number of para-hydroxylation sites is 1. The maximum Gasteiger partial charge on any atom is 0.282 e. The summed E-state index contributed by atoms with van der Waals surface area (Å²) in [7, 11) is -4.12. The van der Waals surface area contributed by atoms with Gasteiger partial charge in [0.1, 0.15) is 0 Å². The minimum Gasteiger partial charge on any atom is -0.272 e. The molecule has 0 spiro atoms. The number of hydrazine groups is 1. The number of piperidine rings is 1. The fourth-order valence-corrected chi connectivity index (χ4v) is 4.15. The molecule has 2 aromatic rings. The second kappa shape index (κ2) is 6.68. The molecule has 25 heavy (non-hydrogen) atoms. The van der Waals surface area contributed by atoms with Gasteiger partial charge in [0.25, 0.3) is 10.0 Å². The van der Waals surface area contributed by atoms with Crippen molar-refractivity contribution in [3.05, 3.63) is 60.2 Å². The maximum absolute atomic E-state index is 13.2. The third-order valence-corrected chi connectivity index (χ3v) is 5.66. The standard InChI is InChI=1S/C18H18N2O4S/c1-14-10-12-16(13-11-14)25(23,24)20(15-6-3-2-4-7-15)19-17(21)8-5-9-18(19)22/h2-4,6-7,10-13H,5,8-9H2,1H3. The summed E-state index contributed by atoms with van der Waals surface area (Å²) in [5.41, 5.74) is 1.15. The molecule has 1 aliphatic heterocycles. The van der Waals surface area contributed by atoms with Gasteiger partial charge >= 0.3 is 0 Å². The highest BCUT2D eigenvalue weighted by Gasteiger charge is 2.39. The van der Waals surface area contributed by atoms with Crippen LogP contribution in [0.25, 0.3) is 0 Å². The van der Waals surface area contributed by atoms with Crippen LogP contribution in [0.5, 0.6) is 0 Å². The summed E-state index contributed by atoms with van der Waals surface area (Å²) in [4.78, 5) is 24.7. The molecular weight excluding hydrogens is 340 g/mol. The number of aryl methyl sites for hydroxylation is 1. The Morgan fingerprint density at radius 1 is 0.880 bits per heavy atom. The average molecular weight is 358 g/mol. The van der Waals surface area contributed by atoms with Crippen molar-refractivity contribution in [2.75, 3.05) is 4.41 Å². The van der Waals surface area contributed by atoms with Gasteiger partial charge in [0.15, 0.2) is 0 Å². The van der Waals surface area contributed by atoms with Crippen molar-refractivity contribution < 1.29 is 18.0 Å². The van der Waals surface area contributed by atoms with Crippen molar-refractivity contribution in [2.24, 2.45) is 0 Å². The zero-order valence-corrected chi connectivity index (χ0v) is 14.6. The summed E-state index contributed by atoms with van der Waals surface area (Å²) in [6, 6.07) is 14.5. The SMILES string of the molecule is Cc1ccc(S(=O)(=O)N(c2ccccc2)N2C(=O)CCCC2=O)cc1. The van der Waals surface area contributed by atoms with Crippen LogP contribution in [0, 0.1) is 6.92 Å². The molecule has 130 valence electrons. The lowest BCUT2D eigenvalue weighted by Gasteiger charge is -2.35. The molecule has 2 amide bonds. The van der Waals surface area contributed by atoms with Crippen LogP contribution in [0.15, 0.2) is 59.5 Å². The first-order valence-corrected chi connectivity index (χ1v) is 9.38. The van der Waals surface area contributed by atoms with E-state index in [0.717, 1.165) is 15.0 Å². The van der Waals surface area contributed by atoms with Crippen LogP contribution in [0.4, 0.5) is 5.69 Å². The van der Waals surface area contributed by atoms with E-state index < -0.39 is 21.8 Å². The number of anilines is 1. The molecule has 0 saturated carbocycles. The van der Waals surface area contributed by atoms with Gasteiger partial charge in [-0.3, -0.25) is 9.59 Å². The molecule has 0 bridgehead atoms. The van der Waals surface area contributed by atoms with Gasteiger partial charge < -0.3 is 0 Å². The summed E-state index contributed by atoms with van der Waals surface area (Å²) in [5.74, 6) is -1.04. The third kappa shape index (κ3) is 3.28. The van der Waals surface area contributed by atoms with E-state index in [1.807, 2.05) is 6.92 Å². The number of imide groups is 1. The molecule has 1 aliphatic rings. The molecule has 0 N–H and O–H groups in total. The van der Waals surface area contributed by atoms with Crippen LogP contribution in [-0.4, -0.2) is 25.2 Å². The number of rotatable bonds is 4. The number of hydrogen-bond donors (Lipinski definition) is 0. The molecule has 1 saturated heterocycles. The molecule has 3 rings (SSSR count). The number of sulfonamides is 1. The zero-order chi connectivity index (χ0) is 18.0. The summed E-state index contributed by atoms with van der Waals surface area (Å²) >= 11 is 0. The molecule has 0 aromatic heterocycles. The normalized spacial score (nSPS) is 15.3. The predicted molar refractivity (Wildman–Crippen MR) is 93.0 cm³/mol. The van der Waals surface area contributed by atoms with E-state index in [-0.39, 0.29) is 23.4 Å². The van der Waals surface area contributed by atoms with Crippen molar-refractivity contribution in [3.63, 3.8) is 0 Å². The quantitative estimate of drug-likeness (QED) is 0.788. The van der Waals surface area contributed by atoms with E-state index in [4.69, 9.17) is 0 Å². The van der Waals surface area contributed by atoms with Crippen molar-refractivity contribution >= 4 is 27.5 Å². The van der Waals surface area contributed by atoms with Crippen molar-refractivity contribution in [3.8, 4) is 0 Å². The van der Waals surface area contributed by atoms with Gasteiger partial charge in [0.05, 0.1) is 10.6 Å². The number of benzene rings is 2. The van der Waals surface area contributed by atoms with Gasteiger partial charge in [-0.1, -0.05) is 35.9 Å². The van der Waals surface area contributed by atoms with Gasteiger partial charge in [-0.05, 0) is 37.6 Å². The lowest BCUT2D eigenvalue weighted by atomic mass is 10.1. The molecular formula is C18H18N2O4S. The van der Waals surface area contributed by atoms with Crippen LogP contribution in [0.2, 0.25) is 0 Å².